The van der Waals surface area contributed by atoms with E-state index in [2.05, 4.69) is 10.3 Å². The highest BCUT2D eigenvalue weighted by Crippen LogP contribution is 2.27. The van der Waals surface area contributed by atoms with E-state index in [0.717, 1.165) is 16.0 Å². The van der Waals surface area contributed by atoms with Crippen LogP contribution in [0.5, 0.6) is 0 Å². The summed E-state index contributed by atoms with van der Waals surface area (Å²) in [4.78, 5) is 30.3. The lowest BCUT2D eigenvalue weighted by Crippen LogP contribution is -2.13. The molecule has 1 N–H and O–H groups in total. The average molecular weight is 409 g/mol. The number of aromatic nitrogens is 1. The molecule has 5 nitrogen and oxygen atoms in total. The fraction of sp³-hybridized carbons (Fsp3) is 0.0952. The van der Waals surface area contributed by atoms with E-state index in [1.165, 1.54) is 11.3 Å². The van der Waals surface area contributed by atoms with Gasteiger partial charge in [-0.15, -0.1) is 23.1 Å². The Kier molecular flexibility index (Phi) is 5.27. The molecule has 2 aromatic carbocycles. The van der Waals surface area contributed by atoms with E-state index in [1.54, 1.807) is 35.3 Å². The molecule has 0 saturated carbocycles. The van der Waals surface area contributed by atoms with E-state index >= 15 is 0 Å². The Labute approximate surface area is 169 Å². The van der Waals surface area contributed by atoms with E-state index in [0.29, 0.717) is 27.5 Å². The van der Waals surface area contributed by atoms with Gasteiger partial charge in [-0.05, 0) is 30.0 Å². The van der Waals surface area contributed by atoms with Crippen molar-refractivity contribution in [3.63, 3.8) is 0 Å². The second-order valence-electron chi connectivity index (χ2n) is 5.91. The van der Waals surface area contributed by atoms with E-state index in [-0.39, 0.29) is 5.91 Å². The maximum absolute atomic E-state index is 12.7. The third-order valence-electron chi connectivity index (χ3n) is 4.07. The number of thioether (sulfide) groups is 1. The SMILES string of the molecule is CCSc1ccccc1C(=O)Nc1nc(-c2cc3ccccc3oc2=O)cs1. The Bertz CT molecular complexity index is 1210. The summed E-state index contributed by atoms with van der Waals surface area (Å²) >= 11 is 2.88. The number of carbonyl (C=O) groups is 1. The summed E-state index contributed by atoms with van der Waals surface area (Å²) in [6.45, 7) is 2.04. The van der Waals surface area contributed by atoms with Crippen LogP contribution < -0.4 is 10.9 Å². The molecule has 2 aromatic heterocycles. The molecule has 4 rings (SSSR count). The minimum atomic E-state index is -0.452. The number of amides is 1. The number of hydrogen-bond acceptors (Lipinski definition) is 6. The van der Waals surface area contributed by atoms with Crippen LogP contribution in [0.4, 0.5) is 5.13 Å². The molecule has 0 saturated heterocycles. The largest absolute Gasteiger partial charge is 0.422 e. The van der Waals surface area contributed by atoms with E-state index in [1.807, 2.05) is 43.3 Å². The first kappa shape index (κ1) is 18.5. The first-order valence-corrected chi connectivity index (χ1v) is 10.5. The lowest BCUT2D eigenvalue weighted by molar-refractivity contribution is 0.102. The standard InChI is InChI=1S/C21H16N2O3S2/c1-2-27-18-10-6-4-8-14(18)19(24)23-21-22-16(12-28-21)15-11-13-7-3-5-9-17(13)26-20(15)25/h3-12H,2H2,1H3,(H,22,23,24). The molecule has 7 heteroatoms. The quantitative estimate of drug-likeness (QED) is 0.359. The molecule has 2 heterocycles. The molecule has 1 amide bonds. The molecule has 0 fully saturated rings. The summed E-state index contributed by atoms with van der Waals surface area (Å²) < 4.78 is 5.37. The van der Waals surface area contributed by atoms with Crippen LogP contribution in [0.3, 0.4) is 0 Å². The number of nitrogens with zero attached hydrogens (tertiary/aromatic N) is 1. The van der Waals surface area contributed by atoms with Crippen LogP contribution in [0.1, 0.15) is 17.3 Å². The topological polar surface area (TPSA) is 72.2 Å². The van der Waals surface area contributed by atoms with E-state index in [4.69, 9.17) is 4.42 Å². The number of carbonyl (C=O) groups excluding carboxylic acids is 1. The molecule has 4 aromatic rings. The van der Waals surface area contributed by atoms with Gasteiger partial charge in [0.1, 0.15) is 5.58 Å². The minimum absolute atomic E-state index is 0.219. The number of hydrogen-bond donors (Lipinski definition) is 1. The third-order valence-corrected chi connectivity index (χ3v) is 5.79. The van der Waals surface area contributed by atoms with Gasteiger partial charge in [0.15, 0.2) is 5.13 Å². The summed E-state index contributed by atoms with van der Waals surface area (Å²) in [6, 6.07) is 16.5. The highest BCUT2D eigenvalue weighted by atomic mass is 32.2. The van der Waals surface area contributed by atoms with Crippen molar-refractivity contribution in [1.29, 1.82) is 0 Å². The number of rotatable bonds is 5. The molecule has 0 spiro atoms. The highest BCUT2D eigenvalue weighted by Gasteiger charge is 2.15. The molecule has 0 aliphatic heterocycles. The summed E-state index contributed by atoms with van der Waals surface area (Å²) in [5.74, 6) is 0.659. The molecular formula is C21H16N2O3S2. The zero-order valence-corrected chi connectivity index (χ0v) is 16.6. The molecule has 0 unspecified atom stereocenters. The Balaban J connectivity index is 1.61. The molecular weight excluding hydrogens is 392 g/mol. The van der Waals surface area contributed by atoms with Crippen molar-refractivity contribution in [2.75, 3.05) is 11.1 Å². The number of nitrogens with one attached hydrogen (secondary N) is 1. The minimum Gasteiger partial charge on any atom is -0.422 e. The monoisotopic (exact) mass is 408 g/mol. The van der Waals surface area contributed by atoms with Gasteiger partial charge in [-0.2, -0.15) is 0 Å². The van der Waals surface area contributed by atoms with Crippen molar-refractivity contribution in [2.24, 2.45) is 0 Å². The van der Waals surface area contributed by atoms with Gasteiger partial charge in [-0.3, -0.25) is 10.1 Å². The molecule has 0 aliphatic rings. The Morgan fingerprint density at radius 2 is 1.96 bits per heavy atom. The molecule has 0 radical (unpaired) electrons. The van der Waals surface area contributed by atoms with Crippen molar-refractivity contribution in [3.8, 4) is 11.3 Å². The number of thiazole rings is 1. The van der Waals surface area contributed by atoms with Crippen LogP contribution in [0.25, 0.3) is 22.2 Å². The molecule has 0 bridgehead atoms. The van der Waals surface area contributed by atoms with Crippen LogP contribution in [-0.2, 0) is 0 Å². The van der Waals surface area contributed by atoms with Gasteiger partial charge in [0.05, 0.1) is 16.8 Å². The lowest BCUT2D eigenvalue weighted by Gasteiger charge is -2.07. The second-order valence-corrected chi connectivity index (χ2v) is 8.07. The van der Waals surface area contributed by atoms with Crippen LogP contribution in [0, 0.1) is 0 Å². The van der Waals surface area contributed by atoms with Crippen molar-refractivity contribution < 1.29 is 9.21 Å². The van der Waals surface area contributed by atoms with Gasteiger partial charge in [-0.25, -0.2) is 9.78 Å². The van der Waals surface area contributed by atoms with Crippen molar-refractivity contribution in [2.45, 2.75) is 11.8 Å². The van der Waals surface area contributed by atoms with Crippen molar-refractivity contribution in [1.82, 2.24) is 4.98 Å². The second kappa shape index (κ2) is 8.00. The van der Waals surface area contributed by atoms with Crippen LogP contribution in [0.2, 0.25) is 0 Å². The Hall–Kier alpha value is -2.90. The third kappa shape index (κ3) is 3.72. The van der Waals surface area contributed by atoms with Gasteiger partial charge in [0, 0.05) is 15.7 Å². The maximum Gasteiger partial charge on any atom is 0.345 e. The van der Waals surface area contributed by atoms with Gasteiger partial charge in [0.2, 0.25) is 0 Å². The lowest BCUT2D eigenvalue weighted by atomic mass is 10.1. The smallest absolute Gasteiger partial charge is 0.345 e. The predicted octanol–water partition coefficient (Wildman–Crippen LogP) is 5.28. The summed E-state index contributed by atoms with van der Waals surface area (Å²) in [5, 5.41) is 5.82. The average Bonchev–Trinajstić information content (AvgIpc) is 3.16. The van der Waals surface area contributed by atoms with Gasteiger partial charge in [0.25, 0.3) is 5.91 Å². The Morgan fingerprint density at radius 3 is 2.82 bits per heavy atom. The predicted molar refractivity (Wildman–Crippen MR) is 114 cm³/mol. The first-order valence-electron chi connectivity index (χ1n) is 8.67. The number of benzene rings is 2. The van der Waals surface area contributed by atoms with Crippen molar-refractivity contribution in [3.05, 3.63) is 76.0 Å². The fourth-order valence-corrected chi connectivity index (χ4v) is 4.30. The van der Waals surface area contributed by atoms with Crippen LogP contribution in [0.15, 0.2) is 74.1 Å². The Morgan fingerprint density at radius 1 is 1.18 bits per heavy atom. The van der Waals surface area contributed by atoms with E-state index < -0.39 is 5.63 Å². The van der Waals surface area contributed by atoms with Gasteiger partial charge < -0.3 is 4.42 Å². The fourth-order valence-electron chi connectivity index (χ4n) is 2.80. The van der Waals surface area contributed by atoms with E-state index in [9.17, 15) is 9.59 Å². The molecule has 0 atom stereocenters. The van der Waals surface area contributed by atoms with Gasteiger partial charge >= 0.3 is 5.63 Å². The first-order chi connectivity index (χ1) is 13.7. The zero-order valence-electron chi connectivity index (χ0n) is 15.0. The highest BCUT2D eigenvalue weighted by molar-refractivity contribution is 7.99. The van der Waals surface area contributed by atoms with Crippen LogP contribution in [-0.4, -0.2) is 16.6 Å². The molecule has 0 aliphatic carbocycles. The molecule has 28 heavy (non-hydrogen) atoms. The normalized spacial score (nSPS) is 10.9. The summed E-state index contributed by atoms with van der Waals surface area (Å²) in [6.07, 6.45) is 0. The number of para-hydroxylation sites is 1. The van der Waals surface area contributed by atoms with Crippen LogP contribution >= 0.6 is 23.1 Å². The number of anilines is 1. The van der Waals surface area contributed by atoms with Gasteiger partial charge in [-0.1, -0.05) is 37.3 Å². The van der Waals surface area contributed by atoms with Crippen molar-refractivity contribution >= 4 is 45.1 Å². The number of fused-ring (bicyclic) bond motifs is 1. The zero-order chi connectivity index (χ0) is 19.5. The summed E-state index contributed by atoms with van der Waals surface area (Å²) in [7, 11) is 0. The molecule has 140 valence electrons. The maximum atomic E-state index is 12.7. The summed E-state index contributed by atoms with van der Waals surface area (Å²) in [5.41, 5.74) is 1.54.